The third kappa shape index (κ3) is 2.04. The van der Waals surface area contributed by atoms with Gasteiger partial charge in [-0.1, -0.05) is 19.3 Å². The van der Waals surface area contributed by atoms with Crippen molar-refractivity contribution in [2.45, 2.75) is 44.2 Å². The largest absolute Gasteiger partial charge is 0.382 e. The average Bonchev–Trinajstić information content (AvgIpc) is 2.56. The number of methoxy groups -OCH3 is 1. The van der Waals surface area contributed by atoms with Gasteiger partial charge in [-0.05, 0) is 12.8 Å². The number of ether oxygens (including phenoxy) is 1. The Morgan fingerprint density at radius 2 is 2.00 bits per heavy atom. The molecule has 2 rings (SSSR count). The molecule has 3 amide bonds. The van der Waals surface area contributed by atoms with Gasteiger partial charge < -0.3 is 10.1 Å². The molecule has 1 aliphatic carbocycles. The number of imide groups is 1. The minimum atomic E-state index is -0.487. The summed E-state index contributed by atoms with van der Waals surface area (Å²) in [6, 6.07) is -0.638. The third-order valence-electron chi connectivity index (χ3n) is 3.33. The van der Waals surface area contributed by atoms with Crippen molar-refractivity contribution in [3.8, 4) is 0 Å². The summed E-state index contributed by atoms with van der Waals surface area (Å²) in [5.41, 5.74) is 0. The van der Waals surface area contributed by atoms with Crippen LogP contribution in [0.5, 0.6) is 0 Å². The maximum absolute atomic E-state index is 12.0. The number of urea groups is 1. The van der Waals surface area contributed by atoms with Crippen molar-refractivity contribution in [3.05, 3.63) is 0 Å². The van der Waals surface area contributed by atoms with Gasteiger partial charge >= 0.3 is 6.03 Å². The smallest absolute Gasteiger partial charge is 0.325 e. The zero-order chi connectivity index (χ0) is 11.5. The quantitative estimate of drug-likeness (QED) is 0.727. The Balaban J connectivity index is 2.03. The molecule has 1 unspecified atom stereocenters. The van der Waals surface area contributed by atoms with Gasteiger partial charge in [0.15, 0.2) is 0 Å². The maximum atomic E-state index is 12.0. The van der Waals surface area contributed by atoms with E-state index < -0.39 is 6.04 Å². The summed E-state index contributed by atoms with van der Waals surface area (Å²) in [5, 5.41) is 2.66. The van der Waals surface area contributed by atoms with Crippen molar-refractivity contribution in [1.82, 2.24) is 10.2 Å². The van der Waals surface area contributed by atoms with Crippen molar-refractivity contribution in [2.24, 2.45) is 0 Å². The number of nitrogens with one attached hydrogen (secondary N) is 1. The van der Waals surface area contributed by atoms with Crippen molar-refractivity contribution in [2.75, 3.05) is 13.7 Å². The van der Waals surface area contributed by atoms with Crippen LogP contribution in [0.2, 0.25) is 0 Å². The maximum Gasteiger partial charge on any atom is 0.325 e. The van der Waals surface area contributed by atoms with E-state index in [2.05, 4.69) is 5.32 Å². The standard InChI is InChI=1S/C11H18N2O3/c1-16-7-9-10(14)13(11(15)12-9)8-5-3-2-4-6-8/h8-9H,2-7H2,1H3,(H,12,15). The SMILES string of the molecule is COCC1NC(=O)N(C2CCCCC2)C1=O. The lowest BCUT2D eigenvalue weighted by Gasteiger charge is -2.28. The van der Waals surface area contributed by atoms with Crippen LogP contribution in [0.3, 0.4) is 0 Å². The molecule has 1 saturated heterocycles. The van der Waals surface area contributed by atoms with Gasteiger partial charge in [0.1, 0.15) is 6.04 Å². The Morgan fingerprint density at radius 1 is 1.31 bits per heavy atom. The first kappa shape index (κ1) is 11.4. The molecule has 2 fully saturated rings. The molecule has 1 heterocycles. The predicted octanol–water partition coefficient (Wildman–Crippen LogP) is 0.886. The Kier molecular flexibility index (Phi) is 3.43. The number of nitrogens with zero attached hydrogens (tertiary/aromatic N) is 1. The monoisotopic (exact) mass is 226 g/mol. The zero-order valence-electron chi connectivity index (χ0n) is 9.57. The Bertz CT molecular complexity index is 287. The fraction of sp³-hybridized carbons (Fsp3) is 0.818. The van der Waals surface area contributed by atoms with Crippen LogP contribution in [-0.2, 0) is 9.53 Å². The predicted molar refractivity (Wildman–Crippen MR) is 57.9 cm³/mol. The van der Waals surface area contributed by atoms with Gasteiger partial charge in [0, 0.05) is 13.2 Å². The Labute approximate surface area is 95.1 Å². The molecule has 0 bridgehead atoms. The van der Waals surface area contributed by atoms with Crippen molar-refractivity contribution >= 4 is 11.9 Å². The van der Waals surface area contributed by atoms with E-state index in [-0.39, 0.29) is 24.6 Å². The molecule has 2 aliphatic rings. The average molecular weight is 226 g/mol. The first-order valence-corrected chi connectivity index (χ1v) is 5.86. The lowest BCUT2D eigenvalue weighted by molar-refractivity contribution is -0.130. The second-order valence-electron chi connectivity index (χ2n) is 4.46. The third-order valence-corrected chi connectivity index (χ3v) is 3.33. The fourth-order valence-corrected chi connectivity index (χ4v) is 2.51. The van der Waals surface area contributed by atoms with Crippen LogP contribution in [0.25, 0.3) is 0 Å². The van der Waals surface area contributed by atoms with Crippen molar-refractivity contribution < 1.29 is 14.3 Å². The Morgan fingerprint density at radius 3 is 2.62 bits per heavy atom. The Hall–Kier alpha value is -1.10. The van der Waals surface area contributed by atoms with Crippen LogP contribution < -0.4 is 5.32 Å². The van der Waals surface area contributed by atoms with Crippen LogP contribution in [0.4, 0.5) is 4.79 Å². The molecule has 0 aromatic carbocycles. The van der Waals surface area contributed by atoms with E-state index in [4.69, 9.17) is 4.74 Å². The summed E-state index contributed by atoms with van der Waals surface area (Å²) in [4.78, 5) is 25.1. The molecule has 1 aliphatic heterocycles. The molecule has 1 N–H and O–H groups in total. The number of amides is 3. The number of carbonyl (C=O) groups is 2. The highest BCUT2D eigenvalue weighted by Gasteiger charge is 2.41. The van der Waals surface area contributed by atoms with Gasteiger partial charge in [0.05, 0.1) is 6.61 Å². The van der Waals surface area contributed by atoms with E-state index in [0.717, 1.165) is 25.7 Å². The summed E-state index contributed by atoms with van der Waals surface area (Å²) < 4.78 is 4.92. The second-order valence-corrected chi connectivity index (χ2v) is 4.46. The highest BCUT2D eigenvalue weighted by atomic mass is 16.5. The van der Waals surface area contributed by atoms with Gasteiger partial charge in [0.2, 0.25) is 0 Å². The first-order chi connectivity index (χ1) is 7.74. The molecule has 1 saturated carbocycles. The molecule has 0 spiro atoms. The molecule has 1 atom stereocenters. The van der Waals surface area contributed by atoms with Crippen LogP contribution in [0, 0.1) is 0 Å². The summed E-state index contributed by atoms with van der Waals surface area (Å²) in [5.74, 6) is -0.126. The molecule has 5 nitrogen and oxygen atoms in total. The van der Waals surface area contributed by atoms with E-state index in [1.165, 1.54) is 18.4 Å². The molecule has 0 aromatic heterocycles. The molecule has 5 heteroatoms. The lowest BCUT2D eigenvalue weighted by Crippen LogP contribution is -2.42. The van der Waals surface area contributed by atoms with E-state index in [0.29, 0.717) is 0 Å². The van der Waals surface area contributed by atoms with Crippen LogP contribution in [0.1, 0.15) is 32.1 Å². The zero-order valence-corrected chi connectivity index (χ0v) is 9.57. The molecule has 90 valence electrons. The van der Waals surface area contributed by atoms with Crippen molar-refractivity contribution in [1.29, 1.82) is 0 Å². The van der Waals surface area contributed by atoms with Crippen LogP contribution in [-0.4, -0.2) is 42.6 Å². The highest BCUT2D eigenvalue weighted by molar-refractivity contribution is 6.04. The van der Waals surface area contributed by atoms with E-state index in [1.54, 1.807) is 0 Å². The normalized spacial score (nSPS) is 27.3. The summed E-state index contributed by atoms with van der Waals surface area (Å²) in [6.45, 7) is 0.258. The summed E-state index contributed by atoms with van der Waals surface area (Å²) in [7, 11) is 1.53. The molecule has 16 heavy (non-hydrogen) atoms. The second kappa shape index (κ2) is 4.82. The number of hydrogen-bond acceptors (Lipinski definition) is 3. The van der Waals surface area contributed by atoms with Gasteiger partial charge in [-0.2, -0.15) is 0 Å². The topological polar surface area (TPSA) is 58.6 Å². The van der Waals surface area contributed by atoms with E-state index in [9.17, 15) is 9.59 Å². The number of hydrogen-bond donors (Lipinski definition) is 1. The number of carbonyl (C=O) groups excluding carboxylic acids is 2. The highest BCUT2D eigenvalue weighted by Crippen LogP contribution is 2.25. The van der Waals surface area contributed by atoms with Crippen LogP contribution in [0.15, 0.2) is 0 Å². The lowest BCUT2D eigenvalue weighted by atomic mass is 9.94. The minimum absolute atomic E-state index is 0.100. The van der Waals surface area contributed by atoms with Gasteiger partial charge in [-0.3, -0.25) is 9.69 Å². The molecular weight excluding hydrogens is 208 g/mol. The first-order valence-electron chi connectivity index (χ1n) is 5.86. The fourth-order valence-electron chi connectivity index (χ4n) is 2.51. The van der Waals surface area contributed by atoms with Gasteiger partial charge in [-0.15, -0.1) is 0 Å². The van der Waals surface area contributed by atoms with Crippen molar-refractivity contribution in [3.63, 3.8) is 0 Å². The van der Waals surface area contributed by atoms with E-state index in [1.807, 2.05) is 0 Å². The molecular formula is C11H18N2O3. The minimum Gasteiger partial charge on any atom is -0.382 e. The van der Waals surface area contributed by atoms with Gasteiger partial charge in [-0.25, -0.2) is 4.79 Å². The summed E-state index contributed by atoms with van der Waals surface area (Å²) >= 11 is 0. The molecule has 0 radical (unpaired) electrons. The number of rotatable bonds is 3. The van der Waals surface area contributed by atoms with E-state index >= 15 is 0 Å². The summed E-state index contributed by atoms with van der Waals surface area (Å²) in [6.07, 6.45) is 5.31. The van der Waals surface area contributed by atoms with Crippen LogP contribution >= 0.6 is 0 Å². The van der Waals surface area contributed by atoms with Gasteiger partial charge in [0.25, 0.3) is 5.91 Å². The molecule has 0 aromatic rings.